The molecule has 5 heteroatoms. The molecule has 0 saturated carbocycles. The molecule has 0 fully saturated rings. The Morgan fingerprint density at radius 3 is 2.93 bits per heavy atom. The molecule has 0 aliphatic carbocycles. The molecule has 15 heavy (non-hydrogen) atoms. The van der Waals surface area contributed by atoms with Gasteiger partial charge >= 0.3 is 5.97 Å². The summed E-state index contributed by atoms with van der Waals surface area (Å²) in [7, 11) is 0. The van der Waals surface area contributed by atoms with Crippen molar-refractivity contribution in [2.24, 2.45) is 0 Å². The van der Waals surface area contributed by atoms with Crippen molar-refractivity contribution in [2.45, 2.75) is 26.7 Å². The van der Waals surface area contributed by atoms with Gasteiger partial charge in [0.25, 0.3) is 0 Å². The first kappa shape index (κ1) is 11.9. The number of esters is 1. The Morgan fingerprint density at radius 2 is 2.33 bits per heavy atom. The molecule has 0 spiro atoms. The summed E-state index contributed by atoms with van der Waals surface area (Å²) in [6.07, 6.45) is 2.46. The third-order valence-corrected chi connectivity index (χ3v) is 2.16. The van der Waals surface area contributed by atoms with E-state index >= 15 is 0 Å². The van der Waals surface area contributed by atoms with Gasteiger partial charge in [0.2, 0.25) is 0 Å². The minimum Gasteiger partial charge on any atom is -0.466 e. The van der Waals surface area contributed by atoms with Crippen molar-refractivity contribution in [3.63, 3.8) is 0 Å². The average molecular weight is 229 g/mol. The van der Waals surface area contributed by atoms with Crippen LogP contribution in [0.5, 0.6) is 0 Å². The Morgan fingerprint density at radius 1 is 1.60 bits per heavy atom. The van der Waals surface area contributed by atoms with E-state index in [1.807, 2.05) is 0 Å². The molecule has 82 valence electrons. The standard InChI is InChI=1S/C10H13ClN2O2/c1-3-15-9(14)5-4-8-6-12-7(2)13-10(8)11/h6H,3-5H2,1-2H3. The molecule has 0 saturated heterocycles. The molecule has 1 heterocycles. The minimum absolute atomic E-state index is 0.228. The van der Waals surface area contributed by atoms with Gasteiger partial charge in [-0.05, 0) is 20.3 Å². The maximum absolute atomic E-state index is 11.1. The van der Waals surface area contributed by atoms with E-state index in [9.17, 15) is 4.79 Å². The lowest BCUT2D eigenvalue weighted by atomic mass is 10.2. The predicted molar refractivity (Wildman–Crippen MR) is 56.7 cm³/mol. The Balaban J connectivity index is 2.54. The number of carbonyl (C=O) groups is 1. The van der Waals surface area contributed by atoms with Crippen LogP contribution in [-0.2, 0) is 16.0 Å². The zero-order valence-electron chi connectivity index (χ0n) is 8.79. The second-order valence-corrected chi connectivity index (χ2v) is 3.40. The van der Waals surface area contributed by atoms with Crippen LogP contribution in [0.15, 0.2) is 6.20 Å². The molecule has 0 bridgehead atoms. The molecule has 1 rings (SSSR count). The smallest absolute Gasteiger partial charge is 0.306 e. The van der Waals surface area contributed by atoms with Crippen LogP contribution < -0.4 is 0 Å². The molecule has 0 atom stereocenters. The van der Waals surface area contributed by atoms with Gasteiger partial charge in [0, 0.05) is 18.2 Å². The fourth-order valence-electron chi connectivity index (χ4n) is 1.10. The van der Waals surface area contributed by atoms with Crippen molar-refractivity contribution < 1.29 is 9.53 Å². The first-order chi connectivity index (χ1) is 7.13. The molecule has 0 N–H and O–H groups in total. The minimum atomic E-state index is -0.228. The number of aromatic nitrogens is 2. The SMILES string of the molecule is CCOC(=O)CCc1cnc(C)nc1Cl. The van der Waals surface area contributed by atoms with Crippen LogP contribution in [-0.4, -0.2) is 22.5 Å². The Labute approximate surface area is 93.6 Å². The Kier molecular flexibility index (Phi) is 4.49. The highest BCUT2D eigenvalue weighted by atomic mass is 35.5. The van der Waals surface area contributed by atoms with Crippen LogP contribution in [0.1, 0.15) is 24.7 Å². The first-order valence-electron chi connectivity index (χ1n) is 4.77. The summed E-state index contributed by atoms with van der Waals surface area (Å²) in [6.45, 7) is 3.94. The number of rotatable bonds is 4. The first-order valence-corrected chi connectivity index (χ1v) is 5.15. The van der Waals surface area contributed by atoms with Gasteiger partial charge in [-0.3, -0.25) is 4.79 Å². The average Bonchev–Trinajstić information content (AvgIpc) is 2.17. The number of halogens is 1. The molecule has 0 unspecified atom stereocenters. The van der Waals surface area contributed by atoms with Crippen LogP contribution in [0.4, 0.5) is 0 Å². The number of aryl methyl sites for hydroxylation is 2. The van der Waals surface area contributed by atoms with Crippen molar-refractivity contribution in [3.8, 4) is 0 Å². The van der Waals surface area contributed by atoms with E-state index in [1.54, 1.807) is 20.0 Å². The third kappa shape index (κ3) is 3.83. The van der Waals surface area contributed by atoms with Crippen LogP contribution >= 0.6 is 11.6 Å². The quantitative estimate of drug-likeness (QED) is 0.584. The van der Waals surface area contributed by atoms with E-state index in [1.165, 1.54) is 0 Å². The topological polar surface area (TPSA) is 52.1 Å². The normalized spacial score (nSPS) is 10.1. The summed E-state index contributed by atoms with van der Waals surface area (Å²) in [5.74, 6) is 0.397. The number of hydrogen-bond donors (Lipinski definition) is 0. The molecule has 0 aliphatic rings. The summed E-state index contributed by atoms with van der Waals surface area (Å²) in [4.78, 5) is 19.1. The lowest BCUT2D eigenvalue weighted by molar-refractivity contribution is -0.143. The largest absolute Gasteiger partial charge is 0.466 e. The van der Waals surface area contributed by atoms with Crippen molar-refractivity contribution >= 4 is 17.6 Å². The van der Waals surface area contributed by atoms with E-state index in [2.05, 4.69) is 9.97 Å². The van der Waals surface area contributed by atoms with E-state index in [-0.39, 0.29) is 5.97 Å². The van der Waals surface area contributed by atoms with Crippen LogP contribution in [0, 0.1) is 6.92 Å². The Bertz CT molecular complexity index is 355. The van der Waals surface area contributed by atoms with Gasteiger partial charge < -0.3 is 4.74 Å². The molecular weight excluding hydrogens is 216 g/mol. The maximum Gasteiger partial charge on any atom is 0.306 e. The molecule has 0 amide bonds. The van der Waals surface area contributed by atoms with Gasteiger partial charge in [0.05, 0.1) is 6.61 Å². The number of ether oxygens (including phenoxy) is 1. The number of nitrogens with zero attached hydrogens (tertiary/aromatic N) is 2. The monoisotopic (exact) mass is 228 g/mol. The highest BCUT2D eigenvalue weighted by molar-refractivity contribution is 6.30. The fourth-order valence-corrected chi connectivity index (χ4v) is 1.37. The van der Waals surface area contributed by atoms with Gasteiger partial charge in [0.1, 0.15) is 11.0 Å². The summed E-state index contributed by atoms with van der Waals surface area (Å²) in [5, 5.41) is 0.409. The lowest BCUT2D eigenvalue weighted by Gasteiger charge is -2.03. The molecule has 0 radical (unpaired) electrons. The van der Waals surface area contributed by atoms with Gasteiger partial charge in [0.15, 0.2) is 0 Å². The predicted octanol–water partition coefficient (Wildman–Crippen LogP) is 1.93. The van der Waals surface area contributed by atoms with Gasteiger partial charge in [-0.1, -0.05) is 11.6 Å². The van der Waals surface area contributed by atoms with Crippen molar-refractivity contribution in [1.82, 2.24) is 9.97 Å². The van der Waals surface area contributed by atoms with Crippen LogP contribution in [0.2, 0.25) is 5.15 Å². The fraction of sp³-hybridized carbons (Fsp3) is 0.500. The van der Waals surface area contributed by atoms with Gasteiger partial charge in [-0.15, -0.1) is 0 Å². The van der Waals surface area contributed by atoms with Crippen molar-refractivity contribution in [2.75, 3.05) is 6.61 Å². The van der Waals surface area contributed by atoms with Gasteiger partial charge in [-0.25, -0.2) is 9.97 Å². The second kappa shape index (κ2) is 5.66. The second-order valence-electron chi connectivity index (χ2n) is 3.04. The number of hydrogen-bond acceptors (Lipinski definition) is 4. The molecule has 4 nitrogen and oxygen atoms in total. The third-order valence-electron chi connectivity index (χ3n) is 1.84. The molecule has 0 aromatic carbocycles. The van der Waals surface area contributed by atoms with Crippen molar-refractivity contribution in [3.05, 3.63) is 22.7 Å². The van der Waals surface area contributed by atoms with E-state index < -0.39 is 0 Å². The Hall–Kier alpha value is -1.16. The van der Waals surface area contributed by atoms with E-state index in [4.69, 9.17) is 16.3 Å². The summed E-state index contributed by atoms with van der Waals surface area (Å²) >= 11 is 5.89. The van der Waals surface area contributed by atoms with E-state index in [0.717, 1.165) is 5.56 Å². The lowest BCUT2D eigenvalue weighted by Crippen LogP contribution is -2.06. The summed E-state index contributed by atoms with van der Waals surface area (Å²) < 4.78 is 4.80. The van der Waals surface area contributed by atoms with Gasteiger partial charge in [-0.2, -0.15) is 0 Å². The van der Waals surface area contributed by atoms with Crippen LogP contribution in [0.25, 0.3) is 0 Å². The van der Waals surface area contributed by atoms with E-state index in [0.29, 0.717) is 30.4 Å². The number of carbonyl (C=O) groups excluding carboxylic acids is 1. The zero-order valence-corrected chi connectivity index (χ0v) is 9.54. The highest BCUT2D eigenvalue weighted by Crippen LogP contribution is 2.13. The molecule has 1 aromatic heterocycles. The van der Waals surface area contributed by atoms with Crippen molar-refractivity contribution in [1.29, 1.82) is 0 Å². The highest BCUT2D eigenvalue weighted by Gasteiger charge is 2.07. The zero-order chi connectivity index (χ0) is 11.3. The summed E-state index contributed by atoms with van der Waals surface area (Å²) in [5.41, 5.74) is 0.773. The van der Waals surface area contributed by atoms with Crippen LogP contribution in [0.3, 0.4) is 0 Å². The molecular formula is C10H13ClN2O2. The summed E-state index contributed by atoms with van der Waals surface area (Å²) in [6, 6.07) is 0. The molecule has 0 aliphatic heterocycles. The maximum atomic E-state index is 11.1. The molecule has 1 aromatic rings.